The summed E-state index contributed by atoms with van der Waals surface area (Å²) in [6, 6.07) is 93.2. The van der Waals surface area contributed by atoms with E-state index in [-0.39, 0.29) is 91.0 Å². The van der Waals surface area contributed by atoms with Crippen molar-refractivity contribution < 1.29 is 23.6 Å². The molecule has 2 aliphatic heterocycles. The number of fused-ring (bicyclic) bond motifs is 13. The quantitative estimate of drug-likeness (QED) is 0.121. The molecule has 0 atom stereocenters. The van der Waals surface area contributed by atoms with Gasteiger partial charge < -0.3 is 23.4 Å². The number of anilines is 6. The predicted molar refractivity (Wildman–Crippen MR) is 511 cm³/mol. The molecule has 120 heavy (non-hydrogen) atoms. The van der Waals surface area contributed by atoms with Crippen molar-refractivity contribution >= 4 is 123 Å². The SMILES string of the molecule is [2H]c1c([2H])c([2H])c2c(c1[2H])c1c([2H])c(-c3ccccc3)c([2H])c([2H])c1n2-c1ccc2c(c1)N(c1c(-c3ccccc3)cc(C(C)(C)C)cc1-c1cccc(-c3ccccc3)c1)c1cc(C(C)(C)C)cc3c1B2c1ccc(-n2c4c([2H])c([2H])c([2H])c([2H])c4c4c([2H])c(-c5ccccc5)c([2H])c([2H])c42)cc1N3c1c(-c2ccccc2)cc(C(C)(C)C)cc1-c1cccc2c1oc1ccccc12. The van der Waals surface area contributed by atoms with Crippen LogP contribution in [0.4, 0.5) is 34.1 Å². The van der Waals surface area contributed by atoms with Crippen LogP contribution >= 0.6 is 0 Å². The molecule has 0 amide bonds. The second-order valence-electron chi connectivity index (χ2n) is 34.9. The van der Waals surface area contributed by atoms with Crippen molar-refractivity contribution in [3.05, 3.63) is 392 Å². The van der Waals surface area contributed by atoms with Gasteiger partial charge in [0, 0.05) is 94.3 Å². The van der Waals surface area contributed by atoms with Crippen LogP contribution < -0.4 is 26.2 Å². The molecule has 0 N–H and O–H groups in total. The van der Waals surface area contributed by atoms with Gasteiger partial charge in [0.05, 0.1) is 52.6 Å². The van der Waals surface area contributed by atoms with E-state index in [0.717, 1.165) is 122 Å². The first-order chi connectivity index (χ1) is 64.3. The molecule has 2 aliphatic rings. The molecule has 0 fully saturated rings. The number of furan rings is 1. The van der Waals surface area contributed by atoms with Crippen molar-refractivity contribution in [2.24, 2.45) is 0 Å². The van der Waals surface area contributed by atoms with Crippen molar-refractivity contribution in [2.45, 2.75) is 78.6 Å². The van der Waals surface area contributed by atoms with Gasteiger partial charge in [-0.1, -0.05) is 329 Å². The van der Waals surface area contributed by atoms with E-state index in [2.05, 4.69) is 242 Å². The average Bonchev–Trinajstić information content (AvgIpc) is 0.688. The minimum absolute atomic E-state index is 0.00879. The van der Waals surface area contributed by atoms with E-state index in [1.807, 2.05) is 72.8 Å². The van der Waals surface area contributed by atoms with Crippen LogP contribution in [0.2, 0.25) is 0 Å². The fourth-order valence-corrected chi connectivity index (χ4v) is 18.4. The van der Waals surface area contributed by atoms with Crippen LogP contribution in [0.3, 0.4) is 0 Å². The maximum atomic E-state index is 10.5. The molecule has 6 heteroatoms. The standard InChI is InChI=1S/C114H89BN4O/c1-112(2,3)81-64-91(75-39-21-13-22-40-75)109(93(66-81)80-44-31-43-77(61-80)72-33-15-10-16-34-72)118-103-70-84(116-99-50-28-25-45-86(99)94-62-78(53-59-101(94)116)73-35-17-11-18-36-73)55-57-97(103)115-98-58-56-85(117-100-51-29-26-46-87(100)95-63-79(54-60-102(95)117)74-37-19-12-20-38-74)71-104(98)119(106-69-83(114(7,8)9)68-105(118)108(106)115)110-92(76-41-23-14-24-42-76)65-82(113(4,5)6)67-96(110)90-49-32-48-89-88-47-27-30-52-107(88)120-111(89)90/h10-71H,1-9H3/i25D,26D,28D,29D,45D,46D,50D,51D,53D,54D,59D,60D,62D,63D. The van der Waals surface area contributed by atoms with Crippen LogP contribution in [0.15, 0.2) is 380 Å². The molecule has 574 valence electrons. The van der Waals surface area contributed by atoms with Gasteiger partial charge in [-0.15, -0.1) is 0 Å². The Kier molecular flexibility index (Phi) is 13.5. The van der Waals surface area contributed by atoms with Crippen molar-refractivity contribution in [3.8, 4) is 89.3 Å². The zero-order valence-electron chi connectivity index (χ0n) is 82.0. The molecule has 17 aromatic carbocycles. The number of hydrogen-bond acceptors (Lipinski definition) is 3. The van der Waals surface area contributed by atoms with Crippen LogP contribution in [0.1, 0.15) is 98.2 Å². The van der Waals surface area contributed by atoms with Crippen molar-refractivity contribution in [3.63, 3.8) is 0 Å². The van der Waals surface area contributed by atoms with Gasteiger partial charge >= 0.3 is 0 Å². The predicted octanol–water partition coefficient (Wildman–Crippen LogP) is 29.4. The summed E-state index contributed by atoms with van der Waals surface area (Å²) in [6.45, 7) is 19.2. The van der Waals surface area contributed by atoms with Gasteiger partial charge in [0.25, 0.3) is 6.71 Å². The van der Waals surface area contributed by atoms with Gasteiger partial charge in [-0.2, -0.15) is 0 Å². The van der Waals surface area contributed by atoms with Crippen LogP contribution in [0.25, 0.3) is 155 Å². The minimum Gasteiger partial charge on any atom is -0.455 e. The Labute approximate surface area is 721 Å². The maximum absolute atomic E-state index is 10.5. The van der Waals surface area contributed by atoms with Crippen LogP contribution in [-0.2, 0) is 16.2 Å². The van der Waals surface area contributed by atoms with E-state index in [1.165, 1.54) is 0 Å². The van der Waals surface area contributed by atoms with Gasteiger partial charge in [0.15, 0.2) is 0 Å². The maximum Gasteiger partial charge on any atom is 0.252 e. The van der Waals surface area contributed by atoms with Gasteiger partial charge in [-0.05, 0) is 208 Å². The lowest BCUT2D eigenvalue weighted by atomic mass is 9.33. The highest BCUT2D eigenvalue weighted by Gasteiger charge is 2.47. The highest BCUT2D eigenvalue weighted by molar-refractivity contribution is 7.00. The third-order valence-electron chi connectivity index (χ3n) is 24.4. The van der Waals surface area contributed by atoms with Crippen molar-refractivity contribution in [1.82, 2.24) is 9.13 Å². The summed E-state index contributed by atoms with van der Waals surface area (Å²) in [5.41, 5.74) is 20.3. The van der Waals surface area contributed by atoms with Crippen LogP contribution in [-0.4, -0.2) is 15.8 Å². The van der Waals surface area contributed by atoms with Gasteiger partial charge in [0.1, 0.15) is 11.2 Å². The molecule has 20 aromatic rings. The molecule has 5 heterocycles. The molecular weight excluding hydrogens is 1450 g/mol. The smallest absolute Gasteiger partial charge is 0.252 e. The number of aromatic nitrogens is 2. The number of benzene rings is 17. The summed E-state index contributed by atoms with van der Waals surface area (Å²) in [7, 11) is 0. The van der Waals surface area contributed by atoms with Gasteiger partial charge in [-0.25, -0.2) is 0 Å². The summed E-state index contributed by atoms with van der Waals surface area (Å²) in [5, 5.41) is 2.04. The fourth-order valence-electron chi connectivity index (χ4n) is 18.4. The molecule has 3 aromatic heterocycles. The van der Waals surface area contributed by atoms with Crippen molar-refractivity contribution in [1.29, 1.82) is 0 Å². The topological polar surface area (TPSA) is 29.5 Å². The number of nitrogens with zero attached hydrogens (tertiary/aromatic N) is 4. The molecule has 0 bridgehead atoms. The average molecular weight is 1560 g/mol. The largest absolute Gasteiger partial charge is 0.455 e. The minimum atomic E-state index is -0.796. The fraction of sp³-hybridized carbons (Fsp3) is 0.105. The Morgan fingerprint density at radius 3 is 1.15 bits per heavy atom. The van der Waals surface area contributed by atoms with Crippen molar-refractivity contribution in [2.75, 3.05) is 9.80 Å². The lowest BCUT2D eigenvalue weighted by molar-refractivity contribution is 0.590. The molecule has 0 aliphatic carbocycles. The first-order valence-corrected chi connectivity index (χ1v) is 41.1. The van der Waals surface area contributed by atoms with Crippen LogP contribution in [0, 0.1) is 0 Å². The van der Waals surface area contributed by atoms with Gasteiger partial charge in [0.2, 0.25) is 0 Å². The lowest BCUT2D eigenvalue weighted by Crippen LogP contribution is -2.61. The summed E-state index contributed by atoms with van der Waals surface area (Å²) in [6.07, 6.45) is 0. The highest BCUT2D eigenvalue weighted by atomic mass is 16.3. The monoisotopic (exact) mass is 1550 g/mol. The Balaban J connectivity index is 0.956. The van der Waals surface area contributed by atoms with E-state index in [0.29, 0.717) is 45.0 Å². The number of para-hydroxylation sites is 4. The molecule has 0 spiro atoms. The van der Waals surface area contributed by atoms with E-state index >= 15 is 0 Å². The Morgan fingerprint density at radius 1 is 0.275 bits per heavy atom. The normalized spacial score (nSPS) is 14.5. The molecule has 0 saturated carbocycles. The van der Waals surface area contributed by atoms with Gasteiger partial charge in [-0.3, -0.25) is 0 Å². The Bertz CT molecular complexity index is 8430. The molecule has 0 unspecified atom stereocenters. The summed E-state index contributed by atoms with van der Waals surface area (Å²) >= 11 is 0. The van der Waals surface area contributed by atoms with Crippen LogP contribution in [0.5, 0.6) is 0 Å². The molecule has 0 radical (unpaired) electrons. The first-order valence-electron chi connectivity index (χ1n) is 48.1. The van der Waals surface area contributed by atoms with E-state index in [4.69, 9.17) is 4.42 Å². The number of rotatable bonds is 11. The third-order valence-corrected chi connectivity index (χ3v) is 24.4. The first kappa shape index (κ1) is 58.6. The second kappa shape index (κ2) is 27.7. The zero-order valence-corrected chi connectivity index (χ0v) is 68.0. The summed E-state index contributed by atoms with van der Waals surface area (Å²) in [4.78, 5) is 4.80. The second-order valence-corrected chi connectivity index (χ2v) is 34.9. The van der Waals surface area contributed by atoms with E-state index in [9.17, 15) is 19.2 Å². The van der Waals surface area contributed by atoms with E-state index < -0.39 is 71.3 Å². The molecular formula is C114H89BN4O. The Morgan fingerprint density at radius 2 is 0.658 bits per heavy atom. The third kappa shape index (κ3) is 11.8. The Hall–Kier alpha value is -14.2. The summed E-state index contributed by atoms with van der Waals surface area (Å²) < 4.78 is 151. The number of hydrogen-bond donors (Lipinski definition) is 0. The molecule has 22 rings (SSSR count). The lowest BCUT2D eigenvalue weighted by Gasteiger charge is -2.47. The zero-order chi connectivity index (χ0) is 93.2. The highest BCUT2D eigenvalue weighted by Crippen LogP contribution is 2.57. The summed E-state index contributed by atoms with van der Waals surface area (Å²) in [5.74, 6) is 0. The molecule has 0 saturated heterocycles. The molecule has 5 nitrogen and oxygen atoms in total. The van der Waals surface area contributed by atoms with E-state index in [1.54, 1.807) is 57.7 Å².